The number of rotatable bonds is 8. The van der Waals surface area contributed by atoms with Crippen LogP contribution in [-0.2, 0) is 21.3 Å². The number of nitrogens with one attached hydrogen (secondary N) is 1. The van der Waals surface area contributed by atoms with E-state index in [2.05, 4.69) is 20.7 Å². The molecule has 1 aliphatic carbocycles. The summed E-state index contributed by atoms with van der Waals surface area (Å²) >= 11 is 3.37. The predicted molar refractivity (Wildman–Crippen MR) is 85.5 cm³/mol. The summed E-state index contributed by atoms with van der Waals surface area (Å²) in [6.07, 6.45) is 2.45. The Bertz CT molecular complexity index is 600. The highest BCUT2D eigenvalue weighted by molar-refractivity contribution is 9.10. The summed E-state index contributed by atoms with van der Waals surface area (Å²) in [6, 6.07) is 3.46. The van der Waals surface area contributed by atoms with E-state index in [-0.39, 0.29) is 11.4 Å². The zero-order valence-electron chi connectivity index (χ0n) is 12.1. The Kier molecular flexibility index (Phi) is 5.79. The molecule has 1 saturated carbocycles. The highest BCUT2D eigenvalue weighted by Crippen LogP contribution is 2.28. The van der Waals surface area contributed by atoms with E-state index in [0.717, 1.165) is 16.6 Å². The minimum Gasteiger partial charge on any atom is -0.380 e. The molecule has 1 aromatic carbocycles. The lowest BCUT2D eigenvalue weighted by molar-refractivity contribution is 0.129. The molecule has 1 aliphatic rings. The average molecular weight is 377 g/mol. The van der Waals surface area contributed by atoms with E-state index in [1.165, 1.54) is 12.8 Å². The third kappa shape index (κ3) is 4.75. The van der Waals surface area contributed by atoms with Crippen molar-refractivity contribution in [3.8, 4) is 0 Å². The molecule has 2 rings (SSSR count). The van der Waals surface area contributed by atoms with Gasteiger partial charge in [0.25, 0.3) is 0 Å². The topological polar surface area (TPSA) is 81.4 Å². The molecule has 0 unspecified atom stereocenters. The molecule has 21 heavy (non-hydrogen) atoms. The fraction of sp³-hybridized carbons (Fsp3) is 0.571. The van der Waals surface area contributed by atoms with Crippen LogP contribution in [0.5, 0.6) is 0 Å². The Morgan fingerprint density at radius 1 is 1.43 bits per heavy atom. The molecule has 0 amide bonds. The van der Waals surface area contributed by atoms with Crippen LogP contribution < -0.4 is 10.5 Å². The zero-order chi connectivity index (χ0) is 15.5. The van der Waals surface area contributed by atoms with Crippen LogP contribution in [0.3, 0.4) is 0 Å². The van der Waals surface area contributed by atoms with Crippen molar-refractivity contribution in [3.05, 3.63) is 27.7 Å². The van der Waals surface area contributed by atoms with Crippen LogP contribution in [0.25, 0.3) is 0 Å². The van der Waals surface area contributed by atoms with E-state index in [1.807, 2.05) is 6.07 Å². The lowest BCUT2D eigenvalue weighted by Crippen LogP contribution is -2.28. The molecule has 0 bridgehead atoms. The van der Waals surface area contributed by atoms with Crippen LogP contribution in [0.4, 0.5) is 0 Å². The molecule has 3 N–H and O–H groups in total. The van der Waals surface area contributed by atoms with Crippen LogP contribution in [-0.4, -0.2) is 28.2 Å². The molecule has 1 fully saturated rings. The van der Waals surface area contributed by atoms with E-state index < -0.39 is 10.0 Å². The fourth-order valence-electron chi connectivity index (χ4n) is 1.96. The summed E-state index contributed by atoms with van der Waals surface area (Å²) in [5.41, 5.74) is 7.05. The van der Waals surface area contributed by atoms with Gasteiger partial charge < -0.3 is 10.5 Å². The number of benzene rings is 1. The molecule has 0 saturated heterocycles. The van der Waals surface area contributed by atoms with E-state index in [0.29, 0.717) is 24.6 Å². The number of nitrogens with two attached hydrogens (primary N) is 1. The fourth-order valence-corrected chi connectivity index (χ4v) is 3.93. The summed E-state index contributed by atoms with van der Waals surface area (Å²) in [6.45, 7) is 3.47. The Balaban J connectivity index is 1.98. The zero-order valence-corrected chi connectivity index (χ0v) is 14.5. The quantitative estimate of drug-likeness (QED) is 0.679. The van der Waals surface area contributed by atoms with Crippen molar-refractivity contribution in [3.63, 3.8) is 0 Å². The number of halogens is 1. The predicted octanol–water partition coefficient (Wildman–Crippen LogP) is 1.92. The highest BCUT2D eigenvalue weighted by Gasteiger charge is 2.21. The van der Waals surface area contributed by atoms with E-state index in [4.69, 9.17) is 10.5 Å². The second-order valence-electron chi connectivity index (χ2n) is 5.32. The van der Waals surface area contributed by atoms with Crippen molar-refractivity contribution in [1.82, 2.24) is 4.72 Å². The summed E-state index contributed by atoms with van der Waals surface area (Å²) < 4.78 is 33.5. The van der Waals surface area contributed by atoms with Gasteiger partial charge in [0.05, 0.1) is 11.5 Å². The molecule has 0 atom stereocenters. The maximum Gasteiger partial charge on any atom is 0.240 e. The summed E-state index contributed by atoms with van der Waals surface area (Å²) in [7, 11) is -3.55. The SMILES string of the molecule is Cc1c(Br)cc(CN)cc1S(=O)(=O)NCCOCC1CC1. The molecule has 0 aromatic heterocycles. The summed E-state index contributed by atoms with van der Waals surface area (Å²) in [5.74, 6) is 0.682. The maximum atomic E-state index is 12.4. The van der Waals surface area contributed by atoms with E-state index >= 15 is 0 Å². The lowest BCUT2D eigenvalue weighted by atomic mass is 10.1. The maximum absolute atomic E-state index is 12.4. The third-order valence-electron chi connectivity index (χ3n) is 3.47. The van der Waals surface area contributed by atoms with Crippen molar-refractivity contribution in [2.45, 2.75) is 31.2 Å². The van der Waals surface area contributed by atoms with Gasteiger partial charge in [-0.3, -0.25) is 0 Å². The number of sulfonamides is 1. The number of hydrogen-bond donors (Lipinski definition) is 2. The second kappa shape index (κ2) is 7.19. The largest absolute Gasteiger partial charge is 0.380 e. The standard InChI is InChI=1S/C14H21BrN2O3S/c1-10-13(15)6-12(8-16)7-14(10)21(18,19)17-4-5-20-9-11-2-3-11/h6-7,11,17H,2-5,8-9,16H2,1H3. The summed E-state index contributed by atoms with van der Waals surface area (Å²) in [4.78, 5) is 0.263. The normalized spacial score (nSPS) is 15.4. The van der Waals surface area contributed by atoms with Gasteiger partial charge in [0.2, 0.25) is 10.0 Å². The van der Waals surface area contributed by atoms with Crippen molar-refractivity contribution in [2.75, 3.05) is 19.8 Å². The van der Waals surface area contributed by atoms with E-state index in [9.17, 15) is 8.42 Å². The molecule has 0 radical (unpaired) electrons. The molecule has 0 spiro atoms. The third-order valence-corrected chi connectivity index (χ3v) is 5.88. The second-order valence-corrected chi connectivity index (χ2v) is 7.91. The molecule has 0 aliphatic heterocycles. The van der Waals surface area contributed by atoms with Crippen molar-refractivity contribution < 1.29 is 13.2 Å². The Labute approximate surface area is 134 Å². The Hall–Kier alpha value is -0.470. The number of hydrogen-bond acceptors (Lipinski definition) is 4. The first-order chi connectivity index (χ1) is 9.94. The van der Waals surface area contributed by atoms with Gasteiger partial charge in [0, 0.05) is 24.2 Å². The molecule has 5 nitrogen and oxygen atoms in total. The van der Waals surface area contributed by atoms with Gasteiger partial charge in [-0.2, -0.15) is 0 Å². The van der Waals surface area contributed by atoms with Crippen LogP contribution in [0, 0.1) is 12.8 Å². The molecule has 7 heteroatoms. The first-order valence-electron chi connectivity index (χ1n) is 7.00. The smallest absolute Gasteiger partial charge is 0.240 e. The summed E-state index contributed by atoms with van der Waals surface area (Å²) in [5, 5.41) is 0. The van der Waals surface area contributed by atoms with E-state index in [1.54, 1.807) is 13.0 Å². The van der Waals surface area contributed by atoms with Crippen LogP contribution >= 0.6 is 15.9 Å². The Morgan fingerprint density at radius 2 is 2.14 bits per heavy atom. The van der Waals surface area contributed by atoms with Crippen molar-refractivity contribution in [1.29, 1.82) is 0 Å². The molecular formula is C14H21BrN2O3S. The average Bonchev–Trinajstić information content (AvgIpc) is 3.25. The highest BCUT2D eigenvalue weighted by atomic mass is 79.9. The van der Waals surface area contributed by atoms with Crippen molar-refractivity contribution >= 4 is 26.0 Å². The molecule has 1 aromatic rings. The monoisotopic (exact) mass is 376 g/mol. The lowest BCUT2D eigenvalue weighted by Gasteiger charge is -2.12. The van der Waals surface area contributed by atoms with Gasteiger partial charge in [-0.1, -0.05) is 15.9 Å². The number of ether oxygens (including phenoxy) is 1. The molecule has 0 heterocycles. The van der Waals surface area contributed by atoms with Crippen LogP contribution in [0.2, 0.25) is 0 Å². The first-order valence-corrected chi connectivity index (χ1v) is 9.28. The first kappa shape index (κ1) is 16.9. The van der Waals surface area contributed by atoms with Gasteiger partial charge in [-0.15, -0.1) is 0 Å². The minimum absolute atomic E-state index is 0.263. The van der Waals surface area contributed by atoms with Crippen molar-refractivity contribution in [2.24, 2.45) is 11.7 Å². The van der Waals surface area contributed by atoms with Gasteiger partial charge in [-0.25, -0.2) is 13.1 Å². The van der Waals surface area contributed by atoms with Crippen LogP contribution in [0.15, 0.2) is 21.5 Å². The molecule has 118 valence electrons. The van der Waals surface area contributed by atoms with Gasteiger partial charge in [-0.05, 0) is 48.9 Å². The Morgan fingerprint density at radius 3 is 2.76 bits per heavy atom. The molecular weight excluding hydrogens is 356 g/mol. The minimum atomic E-state index is -3.55. The van der Waals surface area contributed by atoms with Crippen LogP contribution in [0.1, 0.15) is 24.0 Å². The van der Waals surface area contributed by atoms with Gasteiger partial charge in [0.15, 0.2) is 0 Å². The van der Waals surface area contributed by atoms with Gasteiger partial charge in [0.1, 0.15) is 0 Å². The van der Waals surface area contributed by atoms with Gasteiger partial charge >= 0.3 is 0 Å².